The Morgan fingerprint density at radius 3 is 2.42 bits per heavy atom. The van der Waals surface area contributed by atoms with Crippen molar-refractivity contribution in [3.8, 4) is 5.75 Å². The van der Waals surface area contributed by atoms with Gasteiger partial charge in [-0.05, 0) is 58.9 Å². The molecule has 0 bridgehead atoms. The van der Waals surface area contributed by atoms with Crippen molar-refractivity contribution in [3.05, 3.63) is 47.7 Å². The van der Waals surface area contributed by atoms with Crippen LogP contribution >= 0.6 is 0 Å². The lowest BCUT2D eigenvalue weighted by atomic mass is 10.0. The topological polar surface area (TPSA) is 86.8 Å². The van der Waals surface area contributed by atoms with Gasteiger partial charge in [-0.15, -0.1) is 5.10 Å². The molecule has 1 aromatic heterocycles. The van der Waals surface area contributed by atoms with Crippen LogP contribution in [0, 0.1) is 6.92 Å². The Labute approximate surface area is 183 Å². The molecule has 0 aliphatic carbocycles. The Bertz CT molecular complexity index is 1070. The number of anilines is 1. The summed E-state index contributed by atoms with van der Waals surface area (Å²) >= 11 is 0. The molecule has 3 rings (SSSR count). The van der Waals surface area contributed by atoms with E-state index in [2.05, 4.69) is 39.5 Å². The van der Waals surface area contributed by atoms with Crippen molar-refractivity contribution < 1.29 is 4.74 Å². The van der Waals surface area contributed by atoms with E-state index >= 15 is 0 Å². The Morgan fingerprint density at radius 1 is 1.00 bits per heavy atom. The van der Waals surface area contributed by atoms with Crippen LogP contribution in [0.15, 0.2) is 56.6 Å². The van der Waals surface area contributed by atoms with Crippen molar-refractivity contribution in [1.29, 1.82) is 0 Å². The molecule has 1 N–H and O–H groups in total. The van der Waals surface area contributed by atoms with E-state index in [1.807, 2.05) is 57.2 Å². The Morgan fingerprint density at radius 2 is 1.74 bits per heavy atom. The zero-order valence-corrected chi connectivity index (χ0v) is 19.0. The first-order valence-corrected chi connectivity index (χ1v) is 10.4. The van der Waals surface area contributed by atoms with Crippen LogP contribution in [0.1, 0.15) is 39.0 Å². The molecule has 0 saturated heterocycles. The van der Waals surface area contributed by atoms with Crippen LogP contribution in [-0.2, 0) is 0 Å². The van der Waals surface area contributed by atoms with E-state index in [1.54, 1.807) is 7.11 Å². The average molecular weight is 420 g/mol. The summed E-state index contributed by atoms with van der Waals surface area (Å²) in [7, 11) is 1.63. The molecule has 162 valence electrons. The van der Waals surface area contributed by atoms with Gasteiger partial charge in [-0.3, -0.25) is 0 Å². The fourth-order valence-corrected chi connectivity index (χ4v) is 3.36. The minimum Gasteiger partial charge on any atom is -0.496 e. The van der Waals surface area contributed by atoms with Crippen LogP contribution in [0.5, 0.6) is 5.75 Å². The summed E-state index contributed by atoms with van der Waals surface area (Å²) in [6, 6.07) is 11.7. The summed E-state index contributed by atoms with van der Waals surface area (Å²) < 4.78 is 5.56. The molecule has 1 aliphatic rings. The number of rotatable bonds is 6. The fourth-order valence-electron chi connectivity index (χ4n) is 3.36. The number of para-hydroxylation sites is 1. The molecular formula is C23H29N7O. The molecule has 0 spiro atoms. The highest BCUT2D eigenvalue weighted by molar-refractivity contribution is 6.72. The first-order valence-electron chi connectivity index (χ1n) is 10.4. The third kappa shape index (κ3) is 4.96. The van der Waals surface area contributed by atoms with E-state index < -0.39 is 0 Å². The monoisotopic (exact) mass is 419 g/mol. The van der Waals surface area contributed by atoms with Gasteiger partial charge in [0.1, 0.15) is 28.8 Å². The van der Waals surface area contributed by atoms with E-state index in [1.165, 1.54) is 0 Å². The number of ether oxygens (including phenoxy) is 1. The quantitative estimate of drug-likeness (QED) is 0.763. The van der Waals surface area contributed by atoms with Crippen molar-refractivity contribution >= 4 is 34.5 Å². The van der Waals surface area contributed by atoms with Crippen LogP contribution in [0.4, 0.5) is 11.5 Å². The molecule has 0 amide bonds. The molecule has 2 aromatic rings. The van der Waals surface area contributed by atoms with Crippen LogP contribution < -0.4 is 15.2 Å². The molecule has 31 heavy (non-hydrogen) atoms. The Hall–Kier alpha value is -3.55. The van der Waals surface area contributed by atoms with Gasteiger partial charge in [0.05, 0.1) is 24.2 Å². The maximum absolute atomic E-state index is 5.56. The van der Waals surface area contributed by atoms with Gasteiger partial charge in [0.25, 0.3) is 0 Å². The third-order valence-electron chi connectivity index (χ3n) is 5.00. The van der Waals surface area contributed by atoms with Gasteiger partial charge in [0.2, 0.25) is 0 Å². The van der Waals surface area contributed by atoms with E-state index in [0.29, 0.717) is 28.7 Å². The lowest BCUT2D eigenvalue weighted by Crippen LogP contribution is -2.28. The Balaban J connectivity index is 2.16. The zero-order valence-electron chi connectivity index (χ0n) is 19.0. The molecule has 0 unspecified atom stereocenters. The van der Waals surface area contributed by atoms with Gasteiger partial charge >= 0.3 is 0 Å². The molecule has 0 saturated carbocycles. The van der Waals surface area contributed by atoms with E-state index in [4.69, 9.17) is 14.7 Å². The number of aryl methyl sites for hydroxylation is 1. The second kappa shape index (κ2) is 9.97. The number of hydrazone groups is 2. The number of nitrogens with zero attached hydrogens (tertiary/aromatic N) is 6. The number of aliphatic imine (C=N–C) groups is 2. The summed E-state index contributed by atoms with van der Waals surface area (Å²) in [6.07, 6.45) is 0. The number of pyridine rings is 1. The number of hydrogen-bond acceptors (Lipinski definition) is 8. The number of hydrogen-bond donors (Lipinski definition) is 1. The van der Waals surface area contributed by atoms with Gasteiger partial charge in [-0.25, -0.2) is 15.0 Å². The lowest BCUT2D eigenvalue weighted by molar-refractivity contribution is 0.414. The standard InChI is InChI=1S/C23H29N7O/c1-7-30(8-2)21-14-13-19(15(3)25-21)26-22-16(4)24-17(5)27-29-28-23(22)18-11-9-10-12-20(18)31-6/h9-14,29H,7-8H2,1-6H3/b24-16?,26-22?,27-17+,28-23?. The van der Waals surface area contributed by atoms with Gasteiger partial charge in [-0.2, -0.15) is 10.6 Å². The predicted molar refractivity (Wildman–Crippen MR) is 129 cm³/mol. The van der Waals surface area contributed by atoms with Crippen molar-refractivity contribution in [1.82, 2.24) is 10.5 Å². The smallest absolute Gasteiger partial charge is 0.147 e. The number of methoxy groups -OCH3 is 1. The van der Waals surface area contributed by atoms with Crippen LogP contribution in [0.3, 0.4) is 0 Å². The first kappa shape index (κ1) is 22.1. The van der Waals surface area contributed by atoms with E-state index in [9.17, 15) is 0 Å². The molecule has 8 nitrogen and oxygen atoms in total. The van der Waals surface area contributed by atoms with Crippen molar-refractivity contribution in [2.45, 2.75) is 34.6 Å². The number of nitrogens with one attached hydrogen (secondary N) is 1. The summed E-state index contributed by atoms with van der Waals surface area (Å²) in [5, 5.41) is 8.65. The molecular weight excluding hydrogens is 390 g/mol. The minimum absolute atomic E-state index is 0.569. The third-order valence-corrected chi connectivity index (χ3v) is 5.00. The van der Waals surface area contributed by atoms with Crippen molar-refractivity contribution in [3.63, 3.8) is 0 Å². The Kier molecular flexibility index (Phi) is 7.12. The van der Waals surface area contributed by atoms with E-state index in [0.717, 1.165) is 35.9 Å². The lowest BCUT2D eigenvalue weighted by Gasteiger charge is -2.20. The van der Waals surface area contributed by atoms with Crippen LogP contribution in [-0.4, -0.2) is 48.2 Å². The second-order valence-electron chi connectivity index (χ2n) is 7.02. The van der Waals surface area contributed by atoms with Crippen LogP contribution in [0.25, 0.3) is 0 Å². The van der Waals surface area contributed by atoms with Gasteiger partial charge in [0.15, 0.2) is 0 Å². The molecule has 0 atom stereocenters. The average Bonchev–Trinajstić information content (AvgIpc) is 2.76. The summed E-state index contributed by atoms with van der Waals surface area (Å²) in [5.74, 6) is 2.20. The largest absolute Gasteiger partial charge is 0.496 e. The molecule has 1 aliphatic heterocycles. The number of aromatic nitrogens is 1. The maximum atomic E-state index is 5.56. The molecule has 8 heteroatoms. The van der Waals surface area contributed by atoms with Crippen LogP contribution in [0.2, 0.25) is 0 Å². The highest BCUT2D eigenvalue weighted by Gasteiger charge is 2.21. The van der Waals surface area contributed by atoms with Crippen molar-refractivity contribution in [2.75, 3.05) is 25.1 Å². The highest BCUT2D eigenvalue weighted by atomic mass is 16.5. The van der Waals surface area contributed by atoms with E-state index in [-0.39, 0.29) is 0 Å². The fraction of sp³-hybridized carbons (Fsp3) is 0.348. The molecule has 0 fully saturated rings. The molecule has 2 heterocycles. The predicted octanol–water partition coefficient (Wildman–Crippen LogP) is 4.12. The van der Waals surface area contributed by atoms with Crippen molar-refractivity contribution in [2.24, 2.45) is 20.2 Å². The summed E-state index contributed by atoms with van der Waals surface area (Å²) in [5.41, 5.74) is 7.07. The normalized spacial score (nSPS) is 17.0. The highest BCUT2D eigenvalue weighted by Crippen LogP contribution is 2.24. The maximum Gasteiger partial charge on any atom is 0.147 e. The van der Waals surface area contributed by atoms with Gasteiger partial charge in [0, 0.05) is 18.7 Å². The summed E-state index contributed by atoms with van der Waals surface area (Å²) in [4.78, 5) is 16.5. The zero-order chi connectivity index (χ0) is 22.4. The molecule has 1 aromatic carbocycles. The van der Waals surface area contributed by atoms with Gasteiger partial charge < -0.3 is 9.64 Å². The minimum atomic E-state index is 0.569. The number of benzene rings is 1. The summed E-state index contributed by atoms with van der Waals surface area (Å²) in [6.45, 7) is 11.7. The first-order chi connectivity index (χ1) is 15.0. The van der Waals surface area contributed by atoms with Gasteiger partial charge in [-0.1, -0.05) is 12.1 Å². The number of amidine groups is 1. The second-order valence-corrected chi connectivity index (χ2v) is 7.02. The molecule has 0 radical (unpaired) electrons. The SMILES string of the molecule is CCN(CC)c1ccc(N=C2C(C)=N/C(C)=N/NN=C2c2ccccc2OC)c(C)n1.